The second kappa shape index (κ2) is 7.74. The van der Waals surface area contributed by atoms with Crippen molar-refractivity contribution in [2.75, 3.05) is 13.2 Å². The van der Waals surface area contributed by atoms with Gasteiger partial charge in [-0.15, -0.1) is 0 Å². The Morgan fingerprint density at radius 1 is 1.47 bits per heavy atom. The van der Waals surface area contributed by atoms with Crippen molar-refractivity contribution in [3.63, 3.8) is 0 Å². The van der Waals surface area contributed by atoms with Crippen molar-refractivity contribution in [1.82, 2.24) is 0 Å². The quantitative estimate of drug-likeness (QED) is 0.611. The van der Waals surface area contributed by atoms with Crippen LogP contribution in [-0.2, 0) is 9.53 Å². The number of carbonyl (C=O) groups is 1. The first kappa shape index (κ1) is 15.4. The predicted molar refractivity (Wildman–Crippen MR) is 68.4 cm³/mol. The number of aliphatic hydroxyl groups is 1. The van der Waals surface area contributed by atoms with Gasteiger partial charge in [0.15, 0.2) is 6.61 Å². The molecule has 1 N–H and O–H groups in total. The summed E-state index contributed by atoms with van der Waals surface area (Å²) in [4.78, 5) is 11.4. The van der Waals surface area contributed by atoms with Crippen LogP contribution in [0.5, 0.6) is 5.75 Å². The Morgan fingerprint density at radius 2 is 2.21 bits per heavy atom. The third-order valence-electron chi connectivity index (χ3n) is 2.53. The zero-order chi connectivity index (χ0) is 14.3. The summed E-state index contributed by atoms with van der Waals surface area (Å²) in [7, 11) is 0. The number of aliphatic hydroxyl groups excluding tert-OH is 1. The SMILES string of the molecule is CCCCOC(=O)COc1cc(F)ccc1C(C)O. The molecule has 1 atom stereocenters. The molecule has 0 spiro atoms. The molecule has 0 aliphatic heterocycles. The number of ether oxygens (including phenoxy) is 2. The highest BCUT2D eigenvalue weighted by Crippen LogP contribution is 2.25. The molecule has 1 aromatic rings. The monoisotopic (exact) mass is 270 g/mol. The van der Waals surface area contributed by atoms with E-state index >= 15 is 0 Å². The van der Waals surface area contributed by atoms with Crippen molar-refractivity contribution in [2.45, 2.75) is 32.8 Å². The number of carbonyl (C=O) groups excluding carboxylic acids is 1. The minimum absolute atomic E-state index is 0.155. The molecule has 0 amide bonds. The third-order valence-corrected chi connectivity index (χ3v) is 2.53. The fraction of sp³-hybridized carbons (Fsp3) is 0.500. The van der Waals surface area contributed by atoms with Crippen LogP contribution in [-0.4, -0.2) is 24.3 Å². The van der Waals surface area contributed by atoms with Crippen LogP contribution < -0.4 is 4.74 Å². The summed E-state index contributed by atoms with van der Waals surface area (Å²) in [5.74, 6) is -0.838. The Balaban J connectivity index is 2.56. The number of unbranched alkanes of at least 4 members (excludes halogenated alkanes) is 1. The molecule has 0 heterocycles. The van der Waals surface area contributed by atoms with Crippen LogP contribution in [0.15, 0.2) is 18.2 Å². The van der Waals surface area contributed by atoms with Gasteiger partial charge in [0.05, 0.1) is 12.7 Å². The number of halogens is 1. The average molecular weight is 270 g/mol. The Morgan fingerprint density at radius 3 is 2.84 bits per heavy atom. The maximum absolute atomic E-state index is 13.1. The lowest BCUT2D eigenvalue weighted by atomic mass is 10.1. The molecule has 4 nitrogen and oxygen atoms in total. The predicted octanol–water partition coefficient (Wildman–Crippen LogP) is 2.60. The Bertz CT molecular complexity index is 418. The van der Waals surface area contributed by atoms with Crippen molar-refractivity contribution in [3.8, 4) is 5.75 Å². The highest BCUT2D eigenvalue weighted by molar-refractivity contribution is 5.71. The summed E-state index contributed by atoms with van der Waals surface area (Å²) in [5.41, 5.74) is 0.433. The topological polar surface area (TPSA) is 55.8 Å². The van der Waals surface area contributed by atoms with Crippen molar-refractivity contribution >= 4 is 5.97 Å². The molecule has 1 unspecified atom stereocenters. The highest BCUT2D eigenvalue weighted by atomic mass is 19.1. The molecule has 0 aliphatic carbocycles. The lowest BCUT2D eigenvalue weighted by molar-refractivity contribution is -0.146. The van der Waals surface area contributed by atoms with Crippen molar-refractivity contribution in [1.29, 1.82) is 0 Å². The minimum atomic E-state index is -0.799. The average Bonchev–Trinajstić information content (AvgIpc) is 2.36. The number of hydrogen-bond donors (Lipinski definition) is 1. The van der Waals surface area contributed by atoms with E-state index in [0.717, 1.165) is 18.9 Å². The molecule has 0 saturated carbocycles. The number of rotatable bonds is 7. The van der Waals surface area contributed by atoms with Crippen LogP contribution in [0.3, 0.4) is 0 Å². The molecule has 106 valence electrons. The van der Waals surface area contributed by atoms with Crippen LogP contribution in [0.1, 0.15) is 38.4 Å². The number of hydrogen-bond acceptors (Lipinski definition) is 4. The van der Waals surface area contributed by atoms with Crippen LogP contribution in [0, 0.1) is 5.82 Å². The molecule has 0 aromatic heterocycles. The van der Waals surface area contributed by atoms with Gasteiger partial charge < -0.3 is 14.6 Å². The van der Waals surface area contributed by atoms with Crippen LogP contribution in [0.4, 0.5) is 4.39 Å². The van der Waals surface area contributed by atoms with E-state index in [9.17, 15) is 14.3 Å². The second-order valence-electron chi connectivity index (χ2n) is 4.22. The smallest absolute Gasteiger partial charge is 0.344 e. The van der Waals surface area contributed by atoms with Gasteiger partial charge >= 0.3 is 5.97 Å². The van der Waals surface area contributed by atoms with Crippen molar-refractivity contribution < 1.29 is 23.8 Å². The van der Waals surface area contributed by atoms with Crippen LogP contribution in [0.2, 0.25) is 0 Å². The maximum atomic E-state index is 13.1. The maximum Gasteiger partial charge on any atom is 0.344 e. The Kier molecular flexibility index (Phi) is 6.29. The minimum Gasteiger partial charge on any atom is -0.481 e. The largest absolute Gasteiger partial charge is 0.481 e. The van der Waals surface area contributed by atoms with E-state index in [1.54, 1.807) is 6.92 Å². The Labute approximate surface area is 112 Å². The molecule has 19 heavy (non-hydrogen) atoms. The molecule has 1 aromatic carbocycles. The summed E-state index contributed by atoms with van der Waals surface area (Å²) < 4.78 is 23.2. The van der Waals surface area contributed by atoms with E-state index < -0.39 is 17.9 Å². The van der Waals surface area contributed by atoms with E-state index in [2.05, 4.69) is 0 Å². The molecular formula is C14H19FO4. The van der Waals surface area contributed by atoms with E-state index in [0.29, 0.717) is 12.2 Å². The first-order chi connectivity index (χ1) is 9.04. The zero-order valence-electron chi connectivity index (χ0n) is 11.2. The summed E-state index contributed by atoms with van der Waals surface area (Å²) >= 11 is 0. The van der Waals surface area contributed by atoms with Gasteiger partial charge in [-0.05, 0) is 25.5 Å². The van der Waals surface area contributed by atoms with Gasteiger partial charge in [0.25, 0.3) is 0 Å². The first-order valence-corrected chi connectivity index (χ1v) is 6.30. The van der Waals surface area contributed by atoms with E-state index in [-0.39, 0.29) is 12.4 Å². The summed E-state index contributed by atoms with van der Waals surface area (Å²) in [6, 6.07) is 3.80. The highest BCUT2D eigenvalue weighted by Gasteiger charge is 2.12. The molecule has 0 aliphatic rings. The van der Waals surface area contributed by atoms with Gasteiger partial charge in [0.1, 0.15) is 11.6 Å². The standard InChI is InChI=1S/C14H19FO4/c1-3-4-7-18-14(17)9-19-13-8-11(15)5-6-12(13)10(2)16/h5-6,8,10,16H,3-4,7,9H2,1-2H3. The number of esters is 1. The summed E-state index contributed by atoms with van der Waals surface area (Å²) in [6.07, 6.45) is 0.932. The molecule has 0 saturated heterocycles. The Hall–Kier alpha value is -1.62. The summed E-state index contributed by atoms with van der Waals surface area (Å²) in [6.45, 7) is 3.59. The van der Waals surface area contributed by atoms with Gasteiger partial charge in [-0.3, -0.25) is 0 Å². The van der Waals surface area contributed by atoms with Crippen molar-refractivity contribution in [3.05, 3.63) is 29.6 Å². The van der Waals surface area contributed by atoms with Crippen LogP contribution in [0.25, 0.3) is 0 Å². The van der Waals surface area contributed by atoms with Gasteiger partial charge in [-0.2, -0.15) is 0 Å². The van der Waals surface area contributed by atoms with Gasteiger partial charge in [-0.1, -0.05) is 13.3 Å². The number of benzene rings is 1. The lowest BCUT2D eigenvalue weighted by Gasteiger charge is -2.13. The van der Waals surface area contributed by atoms with Gasteiger partial charge in [0, 0.05) is 11.6 Å². The molecule has 0 fully saturated rings. The van der Waals surface area contributed by atoms with Crippen molar-refractivity contribution in [2.24, 2.45) is 0 Å². The first-order valence-electron chi connectivity index (χ1n) is 6.30. The normalized spacial score (nSPS) is 12.0. The second-order valence-corrected chi connectivity index (χ2v) is 4.22. The fourth-order valence-corrected chi connectivity index (χ4v) is 1.49. The molecule has 0 radical (unpaired) electrons. The molecule has 1 rings (SSSR count). The molecular weight excluding hydrogens is 251 g/mol. The van der Waals surface area contributed by atoms with E-state index in [1.807, 2.05) is 6.92 Å². The lowest BCUT2D eigenvalue weighted by Crippen LogP contribution is -2.16. The van der Waals surface area contributed by atoms with Crippen LogP contribution >= 0.6 is 0 Å². The molecule has 0 bridgehead atoms. The summed E-state index contributed by atoms with van der Waals surface area (Å²) in [5, 5.41) is 9.52. The zero-order valence-corrected chi connectivity index (χ0v) is 11.2. The fourth-order valence-electron chi connectivity index (χ4n) is 1.49. The van der Waals surface area contributed by atoms with Gasteiger partial charge in [-0.25, -0.2) is 9.18 Å². The van der Waals surface area contributed by atoms with E-state index in [1.165, 1.54) is 12.1 Å². The molecule has 5 heteroatoms. The van der Waals surface area contributed by atoms with E-state index in [4.69, 9.17) is 9.47 Å². The van der Waals surface area contributed by atoms with Gasteiger partial charge in [0.2, 0.25) is 0 Å². The third kappa shape index (κ3) is 5.26.